The van der Waals surface area contributed by atoms with Gasteiger partial charge in [0.05, 0.1) is 6.10 Å². The molecular weight excluding hydrogens is 276 g/mol. The standard InChI is InChI=1S/C17H22N4O/c1-21(13-14-6-3-2-4-7-14)17-18-10-9-16(20-17)19-12-15-8-5-11-22-15/h2-4,6-7,9-10,15H,5,8,11-13H2,1H3,(H,18,19,20). The van der Waals surface area contributed by atoms with Gasteiger partial charge in [-0.25, -0.2) is 4.98 Å². The van der Waals surface area contributed by atoms with Crippen molar-refractivity contribution in [2.24, 2.45) is 0 Å². The largest absolute Gasteiger partial charge is 0.376 e. The van der Waals surface area contributed by atoms with Crippen LogP contribution in [-0.2, 0) is 11.3 Å². The Labute approximate surface area is 131 Å². The van der Waals surface area contributed by atoms with Gasteiger partial charge in [0, 0.05) is 32.9 Å². The lowest BCUT2D eigenvalue weighted by Crippen LogP contribution is -2.21. The van der Waals surface area contributed by atoms with Gasteiger partial charge in [-0.1, -0.05) is 30.3 Å². The number of rotatable bonds is 6. The van der Waals surface area contributed by atoms with Gasteiger partial charge >= 0.3 is 0 Å². The molecule has 1 aliphatic heterocycles. The molecule has 0 saturated carbocycles. The summed E-state index contributed by atoms with van der Waals surface area (Å²) >= 11 is 0. The molecule has 2 aromatic rings. The minimum absolute atomic E-state index is 0.306. The van der Waals surface area contributed by atoms with Crippen LogP contribution < -0.4 is 10.2 Å². The van der Waals surface area contributed by atoms with E-state index >= 15 is 0 Å². The molecule has 1 unspecified atom stereocenters. The zero-order valence-electron chi connectivity index (χ0n) is 12.9. The quantitative estimate of drug-likeness (QED) is 0.888. The molecule has 1 aliphatic rings. The third-order valence-corrected chi connectivity index (χ3v) is 3.78. The summed E-state index contributed by atoms with van der Waals surface area (Å²) in [6.45, 7) is 2.47. The Hall–Kier alpha value is -2.14. The molecule has 1 aromatic carbocycles. The van der Waals surface area contributed by atoms with Gasteiger partial charge in [-0.15, -0.1) is 0 Å². The van der Waals surface area contributed by atoms with Crippen LogP contribution in [-0.4, -0.2) is 36.3 Å². The van der Waals surface area contributed by atoms with Crippen molar-refractivity contribution < 1.29 is 4.74 Å². The molecule has 1 aromatic heterocycles. The summed E-state index contributed by atoms with van der Waals surface area (Å²) in [4.78, 5) is 11.0. The van der Waals surface area contributed by atoms with Crippen molar-refractivity contribution in [3.8, 4) is 0 Å². The third-order valence-electron chi connectivity index (χ3n) is 3.78. The first kappa shape index (κ1) is 14.8. The number of hydrogen-bond acceptors (Lipinski definition) is 5. The van der Waals surface area contributed by atoms with Crippen molar-refractivity contribution in [2.75, 3.05) is 30.4 Å². The molecule has 0 bridgehead atoms. The molecule has 2 heterocycles. The van der Waals surface area contributed by atoms with Crippen LogP contribution in [0.15, 0.2) is 42.6 Å². The normalized spacial score (nSPS) is 17.4. The topological polar surface area (TPSA) is 50.3 Å². The van der Waals surface area contributed by atoms with Gasteiger partial charge in [0.1, 0.15) is 5.82 Å². The highest BCUT2D eigenvalue weighted by atomic mass is 16.5. The predicted octanol–water partition coefficient (Wildman–Crippen LogP) is 2.70. The summed E-state index contributed by atoms with van der Waals surface area (Å²) in [5.74, 6) is 1.57. The Balaban J connectivity index is 1.60. The summed E-state index contributed by atoms with van der Waals surface area (Å²) in [5.41, 5.74) is 1.24. The van der Waals surface area contributed by atoms with E-state index in [0.717, 1.165) is 44.3 Å². The minimum atomic E-state index is 0.306. The Bertz CT molecular complexity index is 584. The number of aromatic nitrogens is 2. The fourth-order valence-corrected chi connectivity index (χ4v) is 2.58. The lowest BCUT2D eigenvalue weighted by molar-refractivity contribution is 0.120. The van der Waals surface area contributed by atoms with Gasteiger partial charge in [0.2, 0.25) is 5.95 Å². The highest BCUT2D eigenvalue weighted by Crippen LogP contribution is 2.15. The molecule has 1 saturated heterocycles. The van der Waals surface area contributed by atoms with Crippen molar-refractivity contribution in [1.82, 2.24) is 9.97 Å². The molecule has 0 spiro atoms. The smallest absolute Gasteiger partial charge is 0.227 e. The molecule has 5 nitrogen and oxygen atoms in total. The molecule has 1 atom stereocenters. The van der Waals surface area contributed by atoms with Gasteiger partial charge in [-0.05, 0) is 24.5 Å². The van der Waals surface area contributed by atoms with Crippen molar-refractivity contribution >= 4 is 11.8 Å². The summed E-state index contributed by atoms with van der Waals surface area (Å²) in [6, 6.07) is 12.2. The number of nitrogens with one attached hydrogen (secondary N) is 1. The first-order valence-corrected chi connectivity index (χ1v) is 7.75. The number of nitrogens with zero attached hydrogens (tertiary/aromatic N) is 3. The Morgan fingerprint density at radius 2 is 2.14 bits per heavy atom. The fourth-order valence-electron chi connectivity index (χ4n) is 2.58. The molecule has 5 heteroatoms. The van der Waals surface area contributed by atoms with Crippen LogP contribution in [0.2, 0.25) is 0 Å². The van der Waals surface area contributed by atoms with Crippen molar-refractivity contribution in [3.05, 3.63) is 48.2 Å². The van der Waals surface area contributed by atoms with Crippen LogP contribution in [0.5, 0.6) is 0 Å². The second-order valence-electron chi connectivity index (χ2n) is 5.60. The van der Waals surface area contributed by atoms with E-state index in [2.05, 4.69) is 27.4 Å². The number of benzene rings is 1. The maximum Gasteiger partial charge on any atom is 0.227 e. The maximum absolute atomic E-state index is 5.62. The van der Waals surface area contributed by atoms with E-state index in [1.165, 1.54) is 5.56 Å². The summed E-state index contributed by atoms with van der Waals surface area (Å²) < 4.78 is 5.62. The van der Waals surface area contributed by atoms with Crippen LogP contribution in [0.25, 0.3) is 0 Å². The van der Waals surface area contributed by atoms with Gasteiger partial charge in [0.15, 0.2) is 0 Å². The van der Waals surface area contributed by atoms with Crippen molar-refractivity contribution in [2.45, 2.75) is 25.5 Å². The molecule has 116 valence electrons. The number of ether oxygens (including phenoxy) is 1. The second-order valence-corrected chi connectivity index (χ2v) is 5.60. The summed E-state index contributed by atoms with van der Waals surface area (Å²) in [5, 5.41) is 3.34. The molecule has 1 fully saturated rings. The molecule has 0 radical (unpaired) electrons. The van der Waals surface area contributed by atoms with Crippen LogP contribution in [0.1, 0.15) is 18.4 Å². The van der Waals surface area contributed by atoms with E-state index in [1.807, 2.05) is 36.2 Å². The Morgan fingerprint density at radius 1 is 1.27 bits per heavy atom. The lowest BCUT2D eigenvalue weighted by atomic mass is 10.2. The van der Waals surface area contributed by atoms with Crippen LogP contribution in [0.4, 0.5) is 11.8 Å². The average molecular weight is 298 g/mol. The summed E-state index contributed by atoms with van der Waals surface area (Å²) in [7, 11) is 2.01. The summed E-state index contributed by atoms with van der Waals surface area (Å²) in [6.07, 6.45) is 4.38. The first-order valence-electron chi connectivity index (χ1n) is 7.75. The van der Waals surface area contributed by atoms with Crippen molar-refractivity contribution in [3.63, 3.8) is 0 Å². The lowest BCUT2D eigenvalue weighted by Gasteiger charge is -2.18. The van der Waals surface area contributed by atoms with Gasteiger partial charge < -0.3 is 15.0 Å². The molecule has 22 heavy (non-hydrogen) atoms. The molecule has 1 N–H and O–H groups in total. The third kappa shape index (κ3) is 3.95. The Kier molecular flexibility index (Phi) is 4.85. The van der Waals surface area contributed by atoms with Gasteiger partial charge in [0.25, 0.3) is 0 Å². The zero-order chi connectivity index (χ0) is 15.2. The van der Waals surface area contributed by atoms with E-state index in [4.69, 9.17) is 4.74 Å². The maximum atomic E-state index is 5.62. The highest BCUT2D eigenvalue weighted by Gasteiger charge is 2.15. The zero-order valence-corrected chi connectivity index (χ0v) is 12.9. The molecule has 0 aliphatic carbocycles. The average Bonchev–Trinajstić information content (AvgIpc) is 3.08. The molecule has 0 amide bonds. The number of hydrogen-bond donors (Lipinski definition) is 1. The highest BCUT2D eigenvalue weighted by molar-refractivity contribution is 5.41. The predicted molar refractivity (Wildman–Crippen MR) is 88.0 cm³/mol. The van der Waals surface area contributed by atoms with E-state index in [1.54, 1.807) is 6.20 Å². The van der Waals surface area contributed by atoms with Crippen molar-refractivity contribution in [1.29, 1.82) is 0 Å². The molecule has 3 rings (SSSR count). The minimum Gasteiger partial charge on any atom is -0.376 e. The van der Waals surface area contributed by atoms with E-state index in [-0.39, 0.29) is 0 Å². The Morgan fingerprint density at radius 3 is 2.91 bits per heavy atom. The van der Waals surface area contributed by atoms with E-state index < -0.39 is 0 Å². The second kappa shape index (κ2) is 7.22. The molecular formula is C17H22N4O. The van der Waals surface area contributed by atoms with Gasteiger partial charge in [-0.2, -0.15) is 4.98 Å². The van der Waals surface area contributed by atoms with Gasteiger partial charge in [-0.3, -0.25) is 0 Å². The number of anilines is 2. The van der Waals surface area contributed by atoms with Crippen LogP contribution >= 0.6 is 0 Å². The fraction of sp³-hybridized carbons (Fsp3) is 0.412. The SMILES string of the molecule is CN(Cc1ccccc1)c1nccc(NCC2CCCO2)n1. The first-order chi connectivity index (χ1) is 10.8. The van der Waals surface area contributed by atoms with Crippen LogP contribution in [0.3, 0.4) is 0 Å². The van der Waals surface area contributed by atoms with E-state index in [0.29, 0.717) is 6.10 Å². The van der Waals surface area contributed by atoms with Crippen LogP contribution in [0, 0.1) is 0 Å². The monoisotopic (exact) mass is 298 g/mol. The van der Waals surface area contributed by atoms with E-state index in [9.17, 15) is 0 Å².